The van der Waals surface area contributed by atoms with Crippen molar-refractivity contribution >= 4 is 46.8 Å². The molecule has 190 valence electrons. The Morgan fingerprint density at radius 3 is 2.69 bits per heavy atom. The number of imidazole rings is 1. The van der Waals surface area contributed by atoms with Crippen LogP contribution in [0.3, 0.4) is 0 Å². The Morgan fingerprint density at radius 1 is 1.19 bits per heavy atom. The van der Waals surface area contributed by atoms with Crippen LogP contribution in [-0.2, 0) is 9.53 Å². The standard InChI is InChI=1S/C24H28ClN7O4/c1-14(2)36-24(35)28-17-10-26-22-29-21(13-32(22)11-17)19-9-16(5-6-20(19)25)27-23(34)31-8-7-18(12-31)30(4)15(3)33/h5-6,9-11,13-14,18H,7-8,12H2,1-4H3,(H,27,34)(H,28,35). The molecule has 1 unspecified atom stereocenters. The van der Waals surface area contributed by atoms with Crippen LogP contribution in [0, 0.1) is 0 Å². The third kappa shape index (κ3) is 5.68. The number of rotatable bonds is 5. The van der Waals surface area contributed by atoms with E-state index in [0.29, 0.717) is 46.5 Å². The van der Waals surface area contributed by atoms with Crippen molar-refractivity contribution in [2.45, 2.75) is 39.3 Å². The van der Waals surface area contributed by atoms with Crippen molar-refractivity contribution in [1.82, 2.24) is 24.2 Å². The van der Waals surface area contributed by atoms with Gasteiger partial charge >= 0.3 is 12.1 Å². The summed E-state index contributed by atoms with van der Waals surface area (Å²) in [7, 11) is 1.75. The number of amides is 4. The van der Waals surface area contributed by atoms with Gasteiger partial charge in [0.1, 0.15) is 0 Å². The first-order chi connectivity index (χ1) is 17.1. The molecule has 2 N–H and O–H groups in total. The number of halogens is 1. The molecular weight excluding hydrogens is 486 g/mol. The molecule has 1 aliphatic heterocycles. The van der Waals surface area contributed by atoms with Crippen LogP contribution in [0.4, 0.5) is 21.0 Å². The Morgan fingerprint density at radius 2 is 1.97 bits per heavy atom. The number of nitrogens with zero attached hydrogens (tertiary/aromatic N) is 5. The first kappa shape index (κ1) is 25.2. The fourth-order valence-corrected chi connectivity index (χ4v) is 4.16. The highest BCUT2D eigenvalue weighted by Gasteiger charge is 2.30. The fraction of sp³-hybridized carbons (Fsp3) is 0.375. The van der Waals surface area contributed by atoms with Crippen LogP contribution >= 0.6 is 11.6 Å². The number of likely N-dealkylation sites (N-methyl/N-ethyl adjacent to an activating group) is 1. The summed E-state index contributed by atoms with van der Waals surface area (Å²) in [5, 5.41) is 5.99. The van der Waals surface area contributed by atoms with Gasteiger partial charge in [0.15, 0.2) is 0 Å². The number of hydrogen-bond donors (Lipinski definition) is 2. The number of carbonyl (C=O) groups excluding carboxylic acids is 3. The van der Waals surface area contributed by atoms with Gasteiger partial charge in [-0.05, 0) is 38.5 Å². The van der Waals surface area contributed by atoms with Gasteiger partial charge < -0.3 is 19.9 Å². The average Bonchev–Trinajstić information content (AvgIpc) is 3.46. The van der Waals surface area contributed by atoms with Crippen molar-refractivity contribution < 1.29 is 19.1 Å². The van der Waals surface area contributed by atoms with Crippen molar-refractivity contribution in [3.63, 3.8) is 0 Å². The van der Waals surface area contributed by atoms with E-state index in [1.807, 2.05) is 0 Å². The van der Waals surface area contributed by atoms with Crippen molar-refractivity contribution in [3.05, 3.63) is 41.8 Å². The van der Waals surface area contributed by atoms with E-state index < -0.39 is 6.09 Å². The summed E-state index contributed by atoms with van der Waals surface area (Å²) in [4.78, 5) is 48.5. The Balaban J connectivity index is 1.49. The molecule has 0 aliphatic carbocycles. The number of nitrogens with one attached hydrogen (secondary N) is 2. The number of fused-ring (bicyclic) bond motifs is 1. The maximum atomic E-state index is 12.8. The number of likely N-dealkylation sites (tertiary alicyclic amines) is 1. The number of ether oxygens (including phenoxy) is 1. The number of hydrogen-bond acceptors (Lipinski definition) is 6. The molecule has 1 fully saturated rings. The van der Waals surface area contributed by atoms with E-state index in [9.17, 15) is 14.4 Å². The zero-order valence-electron chi connectivity index (χ0n) is 20.5. The smallest absolute Gasteiger partial charge is 0.411 e. The second-order valence-corrected chi connectivity index (χ2v) is 9.31. The molecule has 0 saturated carbocycles. The first-order valence-electron chi connectivity index (χ1n) is 11.5. The summed E-state index contributed by atoms with van der Waals surface area (Å²) in [5.41, 5.74) is 2.18. The molecule has 3 aromatic rings. The summed E-state index contributed by atoms with van der Waals surface area (Å²) < 4.78 is 6.76. The quantitative estimate of drug-likeness (QED) is 0.530. The van der Waals surface area contributed by atoms with Gasteiger partial charge in [-0.1, -0.05) is 11.6 Å². The normalized spacial score (nSPS) is 15.3. The number of carbonyl (C=O) groups is 3. The largest absolute Gasteiger partial charge is 0.447 e. The van der Waals surface area contributed by atoms with Crippen LogP contribution in [0.25, 0.3) is 17.0 Å². The molecule has 1 aliphatic rings. The van der Waals surface area contributed by atoms with Crippen molar-refractivity contribution in [2.24, 2.45) is 0 Å². The highest BCUT2D eigenvalue weighted by atomic mass is 35.5. The van der Waals surface area contributed by atoms with Gasteiger partial charge in [0.25, 0.3) is 0 Å². The van der Waals surface area contributed by atoms with Gasteiger partial charge in [-0.15, -0.1) is 0 Å². The molecule has 0 spiro atoms. The predicted octanol–water partition coefficient (Wildman–Crippen LogP) is 4.09. The van der Waals surface area contributed by atoms with E-state index in [-0.39, 0.29) is 24.1 Å². The summed E-state index contributed by atoms with van der Waals surface area (Å²) in [6, 6.07) is 4.91. The second kappa shape index (κ2) is 10.4. The summed E-state index contributed by atoms with van der Waals surface area (Å²) in [6.45, 7) is 6.08. The van der Waals surface area contributed by atoms with Crippen LogP contribution < -0.4 is 10.6 Å². The number of benzene rings is 1. The van der Waals surface area contributed by atoms with Crippen LogP contribution in [-0.4, -0.2) is 74.5 Å². The van der Waals surface area contributed by atoms with Gasteiger partial charge in [-0.2, -0.15) is 0 Å². The lowest BCUT2D eigenvalue weighted by Gasteiger charge is -2.23. The Hall–Kier alpha value is -3.86. The van der Waals surface area contributed by atoms with E-state index in [4.69, 9.17) is 16.3 Å². The fourth-order valence-electron chi connectivity index (χ4n) is 3.94. The van der Waals surface area contributed by atoms with Crippen LogP contribution in [0.1, 0.15) is 27.2 Å². The Bertz CT molecular complexity index is 1310. The van der Waals surface area contributed by atoms with Gasteiger partial charge in [-0.25, -0.2) is 19.6 Å². The van der Waals surface area contributed by atoms with E-state index in [1.54, 1.807) is 65.7 Å². The summed E-state index contributed by atoms with van der Waals surface area (Å²) >= 11 is 6.45. The SMILES string of the molecule is CC(=O)N(C)C1CCN(C(=O)Nc2ccc(Cl)c(-c3cn4cc(NC(=O)OC(C)C)cnc4n3)c2)C1. The van der Waals surface area contributed by atoms with Gasteiger partial charge in [0.05, 0.1) is 34.7 Å². The number of aromatic nitrogens is 3. The molecule has 12 heteroatoms. The maximum Gasteiger partial charge on any atom is 0.411 e. The van der Waals surface area contributed by atoms with E-state index >= 15 is 0 Å². The average molecular weight is 514 g/mol. The van der Waals surface area contributed by atoms with Crippen LogP contribution in [0.5, 0.6) is 0 Å². The molecule has 4 amide bonds. The minimum absolute atomic E-state index is 0.00566. The molecule has 3 heterocycles. The lowest BCUT2D eigenvalue weighted by Crippen LogP contribution is -2.40. The molecular formula is C24H28ClN7O4. The monoisotopic (exact) mass is 513 g/mol. The topological polar surface area (TPSA) is 121 Å². The van der Waals surface area contributed by atoms with Gasteiger partial charge in [0, 0.05) is 50.7 Å². The summed E-state index contributed by atoms with van der Waals surface area (Å²) in [5.74, 6) is 0.390. The molecule has 0 bridgehead atoms. The molecule has 1 aromatic carbocycles. The van der Waals surface area contributed by atoms with Crippen LogP contribution in [0.15, 0.2) is 36.8 Å². The van der Waals surface area contributed by atoms with E-state index in [0.717, 1.165) is 6.42 Å². The number of urea groups is 1. The van der Waals surface area contributed by atoms with E-state index in [2.05, 4.69) is 20.6 Å². The lowest BCUT2D eigenvalue weighted by atomic mass is 10.1. The van der Waals surface area contributed by atoms with E-state index in [1.165, 1.54) is 13.1 Å². The Kier molecular flexibility index (Phi) is 7.30. The summed E-state index contributed by atoms with van der Waals surface area (Å²) in [6.07, 6.45) is 4.80. The minimum atomic E-state index is -0.574. The molecule has 11 nitrogen and oxygen atoms in total. The Labute approximate surface area is 213 Å². The zero-order valence-corrected chi connectivity index (χ0v) is 21.2. The molecule has 0 radical (unpaired) electrons. The second-order valence-electron chi connectivity index (χ2n) is 8.90. The van der Waals surface area contributed by atoms with Gasteiger partial charge in [0.2, 0.25) is 11.7 Å². The third-order valence-corrected chi connectivity index (χ3v) is 6.22. The molecule has 1 saturated heterocycles. The maximum absolute atomic E-state index is 12.8. The van der Waals surface area contributed by atoms with Crippen molar-refractivity contribution in [1.29, 1.82) is 0 Å². The van der Waals surface area contributed by atoms with Gasteiger partial charge in [-0.3, -0.25) is 14.5 Å². The number of anilines is 2. The molecule has 36 heavy (non-hydrogen) atoms. The first-order valence-corrected chi connectivity index (χ1v) is 11.9. The molecule has 2 aromatic heterocycles. The third-order valence-electron chi connectivity index (χ3n) is 5.89. The van der Waals surface area contributed by atoms with Crippen molar-refractivity contribution in [3.8, 4) is 11.3 Å². The zero-order chi connectivity index (χ0) is 26.0. The van der Waals surface area contributed by atoms with Crippen LogP contribution in [0.2, 0.25) is 5.02 Å². The molecule has 4 rings (SSSR count). The molecule has 1 atom stereocenters. The minimum Gasteiger partial charge on any atom is -0.447 e. The predicted molar refractivity (Wildman–Crippen MR) is 136 cm³/mol. The highest BCUT2D eigenvalue weighted by Crippen LogP contribution is 2.30. The lowest BCUT2D eigenvalue weighted by molar-refractivity contribution is -0.129. The van der Waals surface area contributed by atoms with Crippen molar-refractivity contribution in [2.75, 3.05) is 30.8 Å². The highest BCUT2D eigenvalue weighted by molar-refractivity contribution is 6.33.